The second-order valence-corrected chi connectivity index (χ2v) is 8.43. The van der Waals surface area contributed by atoms with Gasteiger partial charge in [-0.3, -0.25) is 9.59 Å². The summed E-state index contributed by atoms with van der Waals surface area (Å²) in [5.74, 6) is 0.542. The Morgan fingerprint density at radius 3 is 2.23 bits per heavy atom. The van der Waals surface area contributed by atoms with Gasteiger partial charge >= 0.3 is 0 Å². The molecule has 1 aromatic carbocycles. The van der Waals surface area contributed by atoms with Crippen LogP contribution in [0.4, 0.5) is 5.82 Å². The van der Waals surface area contributed by atoms with Gasteiger partial charge in [0.2, 0.25) is 5.91 Å². The fraction of sp³-hybridized carbons (Fsp3) is 0.389. The van der Waals surface area contributed by atoms with Gasteiger partial charge in [-0.15, -0.1) is 5.10 Å². The molecule has 1 aromatic heterocycles. The highest BCUT2D eigenvalue weighted by Gasteiger charge is 2.28. The van der Waals surface area contributed by atoms with Gasteiger partial charge in [0.15, 0.2) is 10.9 Å². The smallest absolute Gasteiger partial charge is 0.244 e. The topological polar surface area (TPSA) is 58.4 Å². The Bertz CT molecular complexity index is 826. The summed E-state index contributed by atoms with van der Waals surface area (Å²) in [6, 6.07) is 7.70. The Morgan fingerprint density at radius 1 is 1.08 bits per heavy atom. The maximum atomic E-state index is 12.3. The zero-order valence-corrected chi connectivity index (χ0v) is 17.4. The van der Waals surface area contributed by atoms with Gasteiger partial charge in [-0.05, 0) is 30.9 Å². The molecule has 0 radical (unpaired) electrons. The number of hydrogen-bond donors (Lipinski definition) is 0. The van der Waals surface area contributed by atoms with Crippen LogP contribution in [-0.4, -0.2) is 58.9 Å². The molecule has 0 bridgehead atoms. The first-order chi connectivity index (χ1) is 12.4. The summed E-state index contributed by atoms with van der Waals surface area (Å²) < 4.78 is 2.37. The van der Waals surface area contributed by atoms with E-state index in [1.54, 1.807) is 0 Å². The van der Waals surface area contributed by atoms with Crippen molar-refractivity contribution in [1.29, 1.82) is 0 Å². The summed E-state index contributed by atoms with van der Waals surface area (Å²) in [6.45, 7) is 6.50. The first-order valence-corrected chi connectivity index (χ1v) is 9.99. The molecule has 0 aliphatic carbocycles. The summed E-state index contributed by atoms with van der Waals surface area (Å²) in [6.07, 6.45) is 0. The van der Waals surface area contributed by atoms with Gasteiger partial charge in [-0.25, -0.2) is 0 Å². The highest BCUT2D eigenvalue weighted by Crippen LogP contribution is 2.40. The fourth-order valence-corrected chi connectivity index (χ4v) is 4.06. The highest BCUT2D eigenvalue weighted by atomic mass is 79.9. The predicted octanol–water partition coefficient (Wildman–Crippen LogP) is 3.36. The third-order valence-electron chi connectivity index (χ3n) is 4.29. The van der Waals surface area contributed by atoms with Gasteiger partial charge in [0.1, 0.15) is 0 Å². The minimum atomic E-state index is -0.173. The number of anilines is 1. The number of hydrogen-bond acceptors (Lipinski definition) is 6. The van der Waals surface area contributed by atoms with Gasteiger partial charge in [0, 0.05) is 50.1 Å². The van der Waals surface area contributed by atoms with E-state index in [4.69, 9.17) is 0 Å². The fourth-order valence-electron chi connectivity index (χ4n) is 2.94. The molecule has 1 aliphatic rings. The summed E-state index contributed by atoms with van der Waals surface area (Å²) >= 11 is 4.58. The van der Waals surface area contributed by atoms with E-state index >= 15 is 0 Å². The number of benzene rings is 1. The molecular formula is C18H21BrN4O2S. The number of rotatable bonds is 3. The van der Waals surface area contributed by atoms with E-state index in [9.17, 15) is 9.59 Å². The first kappa shape index (κ1) is 19.1. The molecule has 6 nitrogen and oxygen atoms in total. The number of carbonyl (C=O) groups is 2. The molecule has 0 amide bonds. The standard InChI is InChI=1S/C18H21BrN4O2S/c1-12(24)23-16(14-4-6-15(19)7-5-14)17(26-13(2)25)18(20-23)22-10-8-21(3)9-11-22/h4-7H,8-11H2,1-3H3. The molecule has 138 valence electrons. The van der Waals surface area contributed by atoms with Crippen LogP contribution in [0.3, 0.4) is 0 Å². The molecule has 1 aliphatic heterocycles. The van der Waals surface area contributed by atoms with E-state index in [1.807, 2.05) is 24.3 Å². The van der Waals surface area contributed by atoms with Gasteiger partial charge in [0.05, 0.1) is 10.6 Å². The minimum absolute atomic E-state index is 0.0261. The third kappa shape index (κ3) is 4.02. The lowest BCUT2D eigenvalue weighted by Crippen LogP contribution is -2.44. The van der Waals surface area contributed by atoms with E-state index in [-0.39, 0.29) is 11.0 Å². The number of halogens is 1. The molecule has 0 unspecified atom stereocenters. The van der Waals surface area contributed by atoms with Gasteiger partial charge in [-0.1, -0.05) is 28.1 Å². The van der Waals surface area contributed by atoms with Gasteiger partial charge in [-0.2, -0.15) is 4.68 Å². The predicted molar refractivity (Wildman–Crippen MR) is 108 cm³/mol. The first-order valence-electron chi connectivity index (χ1n) is 8.38. The van der Waals surface area contributed by atoms with E-state index < -0.39 is 0 Å². The quantitative estimate of drug-likeness (QED) is 0.687. The SMILES string of the molecule is CC(=O)Sc1c(N2CCN(C)CC2)nn(C(C)=O)c1-c1ccc(Br)cc1. The van der Waals surface area contributed by atoms with Crippen molar-refractivity contribution in [2.45, 2.75) is 18.7 Å². The number of aromatic nitrogens is 2. The Balaban J connectivity index is 2.15. The monoisotopic (exact) mass is 436 g/mol. The Kier molecular flexibility index (Phi) is 5.84. The molecule has 2 aromatic rings. The largest absolute Gasteiger partial charge is 0.352 e. The number of nitrogens with zero attached hydrogens (tertiary/aromatic N) is 4. The van der Waals surface area contributed by atoms with Crippen molar-refractivity contribution >= 4 is 44.5 Å². The number of likely N-dealkylation sites (N-methyl/N-ethyl adjacent to an activating group) is 1. The second kappa shape index (κ2) is 7.94. The van der Waals surface area contributed by atoms with Crippen molar-refractivity contribution in [2.75, 3.05) is 38.1 Å². The highest BCUT2D eigenvalue weighted by molar-refractivity contribution is 9.10. The van der Waals surface area contributed by atoms with Crippen LogP contribution >= 0.6 is 27.7 Å². The molecule has 3 rings (SSSR count). The molecule has 2 heterocycles. The molecule has 0 saturated carbocycles. The lowest BCUT2D eigenvalue weighted by atomic mass is 10.1. The number of thioether (sulfide) groups is 1. The summed E-state index contributed by atoms with van der Waals surface area (Å²) in [7, 11) is 2.09. The van der Waals surface area contributed by atoms with Crippen molar-refractivity contribution in [2.24, 2.45) is 0 Å². The van der Waals surface area contributed by atoms with Crippen LogP contribution in [0.5, 0.6) is 0 Å². The molecule has 1 fully saturated rings. The summed E-state index contributed by atoms with van der Waals surface area (Å²) in [4.78, 5) is 29.4. The average Bonchev–Trinajstić information content (AvgIpc) is 2.95. The zero-order chi connectivity index (χ0) is 18.8. The number of piperazine rings is 1. The summed E-state index contributed by atoms with van der Waals surface area (Å²) in [5.41, 5.74) is 1.54. The lowest BCUT2D eigenvalue weighted by Gasteiger charge is -2.32. The zero-order valence-electron chi connectivity index (χ0n) is 15.0. The van der Waals surface area contributed by atoms with Crippen LogP contribution < -0.4 is 4.90 Å². The Hall–Kier alpha value is -1.64. The number of carbonyl (C=O) groups excluding carboxylic acids is 2. The summed E-state index contributed by atoms with van der Waals surface area (Å²) in [5, 5.41) is 4.57. The molecule has 26 heavy (non-hydrogen) atoms. The molecule has 8 heteroatoms. The molecule has 0 spiro atoms. The maximum absolute atomic E-state index is 12.3. The van der Waals surface area contributed by atoms with Crippen LogP contribution in [0.25, 0.3) is 11.3 Å². The van der Waals surface area contributed by atoms with Crippen molar-refractivity contribution in [3.05, 3.63) is 28.7 Å². The molecule has 0 N–H and O–H groups in total. The Labute approximate surface area is 165 Å². The average molecular weight is 437 g/mol. The van der Waals surface area contributed by atoms with E-state index in [1.165, 1.54) is 18.5 Å². The Morgan fingerprint density at radius 2 is 1.69 bits per heavy atom. The molecule has 1 saturated heterocycles. The van der Waals surface area contributed by atoms with Crippen molar-refractivity contribution in [3.63, 3.8) is 0 Å². The van der Waals surface area contributed by atoms with Crippen LogP contribution in [-0.2, 0) is 4.79 Å². The van der Waals surface area contributed by atoms with Gasteiger partial charge in [0.25, 0.3) is 0 Å². The van der Waals surface area contributed by atoms with Gasteiger partial charge < -0.3 is 9.80 Å². The molecular weight excluding hydrogens is 416 g/mol. The third-order valence-corrected chi connectivity index (χ3v) is 5.69. The van der Waals surface area contributed by atoms with Crippen molar-refractivity contribution < 1.29 is 9.59 Å². The van der Waals surface area contributed by atoms with E-state index in [2.05, 4.69) is 37.9 Å². The second-order valence-electron chi connectivity index (χ2n) is 6.32. The normalized spacial score (nSPS) is 15.3. The maximum Gasteiger partial charge on any atom is 0.244 e. The van der Waals surface area contributed by atoms with Crippen LogP contribution in [0.15, 0.2) is 33.6 Å². The van der Waals surface area contributed by atoms with E-state index in [0.29, 0.717) is 11.5 Å². The lowest BCUT2D eigenvalue weighted by molar-refractivity contribution is -0.109. The molecule has 0 atom stereocenters. The van der Waals surface area contributed by atoms with Crippen molar-refractivity contribution in [3.8, 4) is 11.3 Å². The van der Waals surface area contributed by atoms with E-state index in [0.717, 1.165) is 52.9 Å². The van der Waals surface area contributed by atoms with Crippen LogP contribution in [0.1, 0.15) is 18.6 Å². The van der Waals surface area contributed by atoms with Crippen LogP contribution in [0.2, 0.25) is 0 Å². The minimum Gasteiger partial charge on any atom is -0.352 e. The van der Waals surface area contributed by atoms with Crippen molar-refractivity contribution in [1.82, 2.24) is 14.7 Å². The van der Waals surface area contributed by atoms with Crippen LogP contribution in [0, 0.1) is 0 Å².